The summed E-state index contributed by atoms with van der Waals surface area (Å²) in [5.41, 5.74) is 0. The van der Waals surface area contributed by atoms with Gasteiger partial charge in [-0.05, 0) is 57.7 Å². The van der Waals surface area contributed by atoms with Gasteiger partial charge >= 0.3 is 12.0 Å². The number of carboxylic acids is 1. The molecule has 0 spiro atoms. The number of carboxylic acid groups (broad SMARTS) is 1. The summed E-state index contributed by atoms with van der Waals surface area (Å²) in [7, 11) is 2.13. The van der Waals surface area contributed by atoms with Gasteiger partial charge in [0.2, 0.25) is 0 Å². The van der Waals surface area contributed by atoms with Gasteiger partial charge in [-0.2, -0.15) is 0 Å². The molecule has 0 radical (unpaired) electrons. The van der Waals surface area contributed by atoms with Gasteiger partial charge in [-0.15, -0.1) is 0 Å². The molecule has 6 heteroatoms. The highest BCUT2D eigenvalue weighted by Gasteiger charge is 2.25. The van der Waals surface area contributed by atoms with Crippen LogP contribution >= 0.6 is 0 Å². The van der Waals surface area contributed by atoms with Gasteiger partial charge in [0.15, 0.2) is 0 Å². The monoisotopic (exact) mass is 297 g/mol. The number of carbonyl (C=O) groups excluding carboxylic acids is 1. The lowest BCUT2D eigenvalue weighted by Gasteiger charge is -2.33. The minimum Gasteiger partial charge on any atom is -0.481 e. The zero-order chi connectivity index (χ0) is 15.2. The zero-order valence-corrected chi connectivity index (χ0v) is 12.9. The number of piperidine rings is 2. The number of hydrogen-bond donors (Lipinski definition) is 2. The molecule has 2 amide bonds. The molecule has 21 heavy (non-hydrogen) atoms. The average molecular weight is 297 g/mol. The maximum absolute atomic E-state index is 12.1. The number of amides is 2. The molecule has 0 atom stereocenters. The van der Waals surface area contributed by atoms with Gasteiger partial charge in [-0.25, -0.2) is 4.79 Å². The molecule has 0 aromatic heterocycles. The third-order valence-electron chi connectivity index (χ3n) is 4.75. The highest BCUT2D eigenvalue weighted by molar-refractivity contribution is 5.74. The summed E-state index contributed by atoms with van der Waals surface area (Å²) >= 11 is 0. The van der Waals surface area contributed by atoms with Crippen LogP contribution in [0.25, 0.3) is 0 Å². The fourth-order valence-corrected chi connectivity index (χ4v) is 3.20. The van der Waals surface area contributed by atoms with Gasteiger partial charge in [0.05, 0.1) is 0 Å². The highest BCUT2D eigenvalue weighted by atomic mass is 16.4. The summed E-state index contributed by atoms with van der Waals surface area (Å²) in [5, 5.41) is 11.8. The number of rotatable bonds is 4. The Morgan fingerprint density at radius 3 is 2.19 bits per heavy atom. The lowest BCUT2D eigenvalue weighted by Crippen LogP contribution is -2.46. The molecule has 2 aliphatic rings. The molecule has 2 saturated heterocycles. The van der Waals surface area contributed by atoms with Crippen molar-refractivity contribution in [3.05, 3.63) is 0 Å². The lowest BCUT2D eigenvalue weighted by atomic mass is 9.94. The van der Waals surface area contributed by atoms with Gasteiger partial charge in [0.1, 0.15) is 0 Å². The normalized spacial score (nSPS) is 22.2. The molecule has 2 N–H and O–H groups in total. The van der Waals surface area contributed by atoms with Crippen molar-refractivity contribution >= 4 is 12.0 Å². The predicted molar refractivity (Wildman–Crippen MR) is 80.2 cm³/mol. The minimum absolute atomic E-state index is 0.0164. The molecule has 0 aromatic carbocycles. The maximum atomic E-state index is 12.1. The van der Waals surface area contributed by atoms with Crippen LogP contribution in [-0.2, 0) is 4.79 Å². The van der Waals surface area contributed by atoms with E-state index in [9.17, 15) is 9.59 Å². The van der Waals surface area contributed by atoms with Crippen molar-refractivity contribution in [3.8, 4) is 0 Å². The predicted octanol–water partition coefficient (Wildman–Crippen LogP) is 1.22. The number of aliphatic carboxylic acids is 1. The molecular formula is C15H27N3O3. The van der Waals surface area contributed by atoms with Gasteiger partial charge in [-0.1, -0.05) is 0 Å². The van der Waals surface area contributed by atoms with Crippen LogP contribution in [0.3, 0.4) is 0 Å². The molecule has 120 valence electrons. The summed E-state index contributed by atoms with van der Waals surface area (Å²) in [6.07, 6.45) is 4.13. The molecule has 2 heterocycles. The van der Waals surface area contributed by atoms with Crippen LogP contribution in [-0.4, -0.2) is 66.7 Å². The number of nitrogens with one attached hydrogen (secondary N) is 1. The van der Waals surface area contributed by atoms with Crippen LogP contribution in [0.5, 0.6) is 0 Å². The van der Waals surface area contributed by atoms with Crippen LogP contribution in [0, 0.1) is 11.8 Å². The van der Waals surface area contributed by atoms with Crippen LogP contribution in [0.2, 0.25) is 0 Å². The molecule has 0 bridgehead atoms. The Bertz CT molecular complexity index is 359. The lowest BCUT2D eigenvalue weighted by molar-refractivity contribution is -0.138. The summed E-state index contributed by atoms with van der Waals surface area (Å²) in [4.78, 5) is 27.0. The van der Waals surface area contributed by atoms with E-state index in [1.165, 1.54) is 0 Å². The zero-order valence-electron chi connectivity index (χ0n) is 12.9. The molecule has 0 saturated carbocycles. The van der Waals surface area contributed by atoms with Crippen LogP contribution in [0.15, 0.2) is 0 Å². The fourth-order valence-electron chi connectivity index (χ4n) is 3.20. The van der Waals surface area contributed by atoms with E-state index in [4.69, 9.17) is 5.11 Å². The van der Waals surface area contributed by atoms with E-state index in [2.05, 4.69) is 17.3 Å². The van der Waals surface area contributed by atoms with Crippen molar-refractivity contribution in [2.75, 3.05) is 39.8 Å². The second-order valence-electron chi connectivity index (χ2n) is 6.46. The third-order valence-corrected chi connectivity index (χ3v) is 4.75. The molecule has 0 aromatic rings. The second kappa shape index (κ2) is 7.64. The minimum atomic E-state index is -0.736. The first kappa shape index (κ1) is 16.1. The fraction of sp³-hybridized carbons (Fsp3) is 0.867. The summed E-state index contributed by atoms with van der Waals surface area (Å²) in [5.74, 6) is 0.0790. The Hall–Kier alpha value is -1.30. The smallest absolute Gasteiger partial charge is 0.317 e. The van der Waals surface area contributed by atoms with E-state index in [1.807, 2.05) is 4.90 Å². The maximum Gasteiger partial charge on any atom is 0.317 e. The molecule has 0 aliphatic carbocycles. The van der Waals surface area contributed by atoms with E-state index < -0.39 is 5.97 Å². The van der Waals surface area contributed by atoms with Crippen molar-refractivity contribution < 1.29 is 14.7 Å². The number of urea groups is 1. The third kappa shape index (κ3) is 5.19. The van der Waals surface area contributed by atoms with E-state index in [0.717, 1.165) is 45.3 Å². The molecule has 0 unspecified atom stereocenters. The first-order chi connectivity index (χ1) is 10.0. The SMILES string of the molecule is CN1CCC(CNC(=O)N2CCC(CC(=O)O)CC2)CC1. The summed E-state index contributed by atoms with van der Waals surface area (Å²) in [6.45, 7) is 4.35. The first-order valence-electron chi connectivity index (χ1n) is 7.97. The summed E-state index contributed by atoms with van der Waals surface area (Å²) in [6, 6.07) is 0.0164. The number of carbonyl (C=O) groups is 2. The Morgan fingerprint density at radius 2 is 1.62 bits per heavy atom. The number of nitrogens with zero attached hydrogens (tertiary/aromatic N) is 2. The van der Waals surface area contributed by atoms with Crippen molar-refractivity contribution in [3.63, 3.8) is 0 Å². The van der Waals surface area contributed by atoms with Crippen LogP contribution in [0.4, 0.5) is 4.79 Å². The molecular weight excluding hydrogens is 270 g/mol. The van der Waals surface area contributed by atoms with Crippen molar-refractivity contribution in [2.24, 2.45) is 11.8 Å². The topological polar surface area (TPSA) is 72.9 Å². The second-order valence-corrected chi connectivity index (χ2v) is 6.46. The quantitative estimate of drug-likeness (QED) is 0.818. The van der Waals surface area contributed by atoms with E-state index in [-0.39, 0.29) is 18.4 Å². The highest BCUT2D eigenvalue weighted by Crippen LogP contribution is 2.20. The molecule has 2 rings (SSSR count). The Balaban J connectivity index is 1.64. The van der Waals surface area contributed by atoms with Gasteiger partial charge in [0.25, 0.3) is 0 Å². The van der Waals surface area contributed by atoms with E-state index in [0.29, 0.717) is 19.0 Å². The van der Waals surface area contributed by atoms with Crippen molar-refractivity contribution in [2.45, 2.75) is 32.1 Å². The molecule has 2 aliphatic heterocycles. The average Bonchev–Trinajstić information content (AvgIpc) is 2.46. The van der Waals surface area contributed by atoms with Crippen molar-refractivity contribution in [1.29, 1.82) is 0 Å². The van der Waals surface area contributed by atoms with Gasteiger partial charge < -0.3 is 20.2 Å². The molecule has 6 nitrogen and oxygen atoms in total. The Morgan fingerprint density at radius 1 is 1.05 bits per heavy atom. The number of hydrogen-bond acceptors (Lipinski definition) is 3. The standard InChI is InChI=1S/C15H27N3O3/c1-17-6-2-13(3-7-17)11-16-15(21)18-8-4-12(5-9-18)10-14(19)20/h12-13H,2-11H2,1H3,(H,16,21)(H,19,20). The Kier molecular flexibility index (Phi) is 5.85. The van der Waals surface area contributed by atoms with Crippen molar-refractivity contribution in [1.82, 2.24) is 15.1 Å². The molecule has 2 fully saturated rings. The summed E-state index contributed by atoms with van der Waals surface area (Å²) < 4.78 is 0. The van der Waals surface area contributed by atoms with Crippen LogP contribution < -0.4 is 5.32 Å². The largest absolute Gasteiger partial charge is 0.481 e. The van der Waals surface area contributed by atoms with Gasteiger partial charge in [-0.3, -0.25) is 4.79 Å². The van der Waals surface area contributed by atoms with E-state index >= 15 is 0 Å². The number of likely N-dealkylation sites (tertiary alicyclic amines) is 2. The van der Waals surface area contributed by atoms with Gasteiger partial charge in [0, 0.05) is 26.1 Å². The van der Waals surface area contributed by atoms with E-state index in [1.54, 1.807) is 0 Å². The Labute approximate surface area is 126 Å². The first-order valence-corrected chi connectivity index (χ1v) is 7.97. The van der Waals surface area contributed by atoms with Crippen LogP contribution in [0.1, 0.15) is 32.1 Å².